The Labute approximate surface area is 193 Å². The number of hydrogen-bond donors (Lipinski definition) is 1. The van der Waals surface area contributed by atoms with E-state index in [0.717, 1.165) is 32.1 Å². The van der Waals surface area contributed by atoms with Crippen molar-refractivity contribution in [2.75, 3.05) is 0 Å². The Morgan fingerprint density at radius 2 is 1.47 bits per heavy atom. The zero-order valence-corrected chi connectivity index (χ0v) is 18.2. The number of benzene rings is 2. The zero-order valence-electron chi connectivity index (χ0n) is 18.2. The number of ether oxygens (including phenoxy) is 1. The van der Waals surface area contributed by atoms with E-state index in [2.05, 4.69) is 5.32 Å². The number of fused-ring (bicyclic) bond motifs is 2. The van der Waals surface area contributed by atoms with E-state index in [1.807, 2.05) is 0 Å². The third-order valence-corrected chi connectivity index (χ3v) is 5.96. The van der Waals surface area contributed by atoms with Gasteiger partial charge in [0.2, 0.25) is 0 Å². The van der Waals surface area contributed by atoms with Crippen LogP contribution in [-0.4, -0.2) is 17.9 Å². The average molecular weight is 459 g/mol. The van der Waals surface area contributed by atoms with Crippen LogP contribution in [-0.2, 0) is 0 Å². The van der Waals surface area contributed by atoms with Crippen LogP contribution < -0.4 is 21.3 Å². The molecular weight excluding hydrogens is 438 g/mol. The minimum Gasteiger partial charge on any atom is -0.423 e. The van der Waals surface area contributed by atoms with Gasteiger partial charge in [-0.15, -0.1) is 0 Å². The Kier molecular flexibility index (Phi) is 5.71. The smallest absolute Gasteiger partial charge is 0.351 e. The number of nitrogens with one attached hydrogen (secondary N) is 1. The number of carbonyl (C=O) groups is 2. The van der Waals surface area contributed by atoms with Crippen LogP contribution in [0, 0.1) is 0 Å². The fraction of sp³-hybridized carbons (Fsp3) is 0.231. The molecule has 8 nitrogen and oxygen atoms in total. The number of amides is 1. The lowest BCUT2D eigenvalue weighted by molar-refractivity contribution is 0.0730. The normalized spacial score (nSPS) is 14.2. The maximum Gasteiger partial charge on any atom is 0.351 e. The monoisotopic (exact) mass is 459 g/mol. The molecule has 2 heterocycles. The summed E-state index contributed by atoms with van der Waals surface area (Å²) < 4.78 is 15.8. The first-order valence-corrected chi connectivity index (χ1v) is 11.1. The van der Waals surface area contributed by atoms with E-state index in [9.17, 15) is 19.2 Å². The Hall–Kier alpha value is -4.20. The Morgan fingerprint density at radius 1 is 0.794 bits per heavy atom. The SMILES string of the molecule is O=C(NC1CCCCC1)c1cc2ccc(OC(=O)c3cc4ccccc4oc3=O)cc2oc1=O. The third kappa shape index (κ3) is 4.34. The largest absolute Gasteiger partial charge is 0.423 e. The first kappa shape index (κ1) is 21.6. The quantitative estimate of drug-likeness (QED) is 0.276. The highest BCUT2D eigenvalue weighted by molar-refractivity contribution is 5.97. The number of hydrogen-bond acceptors (Lipinski definition) is 7. The van der Waals surface area contributed by atoms with Crippen LogP contribution in [0.5, 0.6) is 5.75 Å². The molecule has 0 aliphatic heterocycles. The van der Waals surface area contributed by atoms with Gasteiger partial charge in [-0.1, -0.05) is 37.5 Å². The van der Waals surface area contributed by atoms with Gasteiger partial charge in [0.25, 0.3) is 5.91 Å². The number of carbonyl (C=O) groups excluding carboxylic acids is 2. The maximum atomic E-state index is 12.6. The molecular formula is C26H21NO7. The Balaban J connectivity index is 1.38. The van der Waals surface area contributed by atoms with E-state index in [1.165, 1.54) is 24.3 Å². The topological polar surface area (TPSA) is 116 Å². The molecule has 1 amide bonds. The van der Waals surface area contributed by atoms with Gasteiger partial charge in [-0.05, 0) is 43.2 Å². The van der Waals surface area contributed by atoms with Crippen molar-refractivity contribution < 1.29 is 23.2 Å². The molecule has 8 heteroatoms. The van der Waals surface area contributed by atoms with Crippen molar-refractivity contribution in [3.05, 3.63) is 86.6 Å². The average Bonchev–Trinajstić information content (AvgIpc) is 2.83. The lowest BCUT2D eigenvalue weighted by Crippen LogP contribution is -2.38. The molecule has 0 bridgehead atoms. The number of para-hydroxylation sites is 1. The van der Waals surface area contributed by atoms with E-state index >= 15 is 0 Å². The first-order valence-electron chi connectivity index (χ1n) is 11.1. The number of rotatable bonds is 4. The van der Waals surface area contributed by atoms with Crippen molar-refractivity contribution in [2.45, 2.75) is 38.1 Å². The van der Waals surface area contributed by atoms with Crippen molar-refractivity contribution in [2.24, 2.45) is 0 Å². The van der Waals surface area contributed by atoms with Crippen molar-refractivity contribution in [3.8, 4) is 5.75 Å². The molecule has 1 N–H and O–H groups in total. The van der Waals surface area contributed by atoms with Gasteiger partial charge in [-0.2, -0.15) is 0 Å². The molecule has 172 valence electrons. The summed E-state index contributed by atoms with van der Waals surface area (Å²) in [5.74, 6) is -1.28. The predicted octanol–water partition coefficient (Wildman–Crippen LogP) is 4.18. The second kappa shape index (κ2) is 8.97. The van der Waals surface area contributed by atoms with Gasteiger partial charge in [0, 0.05) is 22.9 Å². The van der Waals surface area contributed by atoms with Gasteiger partial charge in [0.05, 0.1) is 0 Å². The molecule has 1 aliphatic carbocycles. The zero-order chi connectivity index (χ0) is 23.7. The molecule has 0 spiro atoms. The van der Waals surface area contributed by atoms with Crippen LogP contribution >= 0.6 is 0 Å². The Morgan fingerprint density at radius 3 is 2.29 bits per heavy atom. The molecule has 1 aliphatic rings. The van der Waals surface area contributed by atoms with E-state index in [1.54, 1.807) is 30.3 Å². The van der Waals surface area contributed by atoms with Gasteiger partial charge in [0.15, 0.2) is 0 Å². The van der Waals surface area contributed by atoms with Crippen LogP contribution in [0.2, 0.25) is 0 Å². The fourth-order valence-corrected chi connectivity index (χ4v) is 4.19. The fourth-order valence-electron chi connectivity index (χ4n) is 4.19. The van der Waals surface area contributed by atoms with E-state index in [4.69, 9.17) is 13.6 Å². The minimum atomic E-state index is -0.898. The molecule has 1 saturated carbocycles. The van der Waals surface area contributed by atoms with E-state index in [0.29, 0.717) is 16.4 Å². The summed E-state index contributed by atoms with van der Waals surface area (Å²) in [6.45, 7) is 0. The highest BCUT2D eigenvalue weighted by Crippen LogP contribution is 2.23. The highest BCUT2D eigenvalue weighted by Gasteiger charge is 2.21. The summed E-state index contributed by atoms with van der Waals surface area (Å²) in [6, 6.07) is 14.2. The van der Waals surface area contributed by atoms with Crippen LogP contribution in [0.4, 0.5) is 0 Å². The van der Waals surface area contributed by atoms with Gasteiger partial charge in [-0.25, -0.2) is 14.4 Å². The van der Waals surface area contributed by atoms with Crippen LogP contribution in [0.25, 0.3) is 21.9 Å². The summed E-state index contributed by atoms with van der Waals surface area (Å²) in [7, 11) is 0. The summed E-state index contributed by atoms with van der Waals surface area (Å²) >= 11 is 0. The van der Waals surface area contributed by atoms with Crippen LogP contribution in [0.1, 0.15) is 52.8 Å². The molecule has 0 saturated heterocycles. The van der Waals surface area contributed by atoms with Gasteiger partial charge >= 0.3 is 17.2 Å². The lowest BCUT2D eigenvalue weighted by Gasteiger charge is -2.22. The summed E-state index contributed by atoms with van der Waals surface area (Å²) in [5, 5.41) is 3.99. The van der Waals surface area contributed by atoms with Crippen molar-refractivity contribution in [1.29, 1.82) is 0 Å². The molecule has 2 aromatic heterocycles. The molecule has 4 aromatic rings. The summed E-state index contributed by atoms with van der Waals surface area (Å²) in [4.78, 5) is 49.8. The maximum absolute atomic E-state index is 12.6. The molecule has 5 rings (SSSR count). The molecule has 2 aromatic carbocycles. The highest BCUT2D eigenvalue weighted by atomic mass is 16.5. The van der Waals surface area contributed by atoms with E-state index < -0.39 is 23.1 Å². The number of esters is 1. The molecule has 34 heavy (non-hydrogen) atoms. The van der Waals surface area contributed by atoms with Gasteiger partial charge in [0.1, 0.15) is 28.0 Å². The third-order valence-electron chi connectivity index (χ3n) is 5.96. The van der Waals surface area contributed by atoms with Crippen LogP contribution in [0.3, 0.4) is 0 Å². The van der Waals surface area contributed by atoms with Crippen molar-refractivity contribution >= 4 is 33.8 Å². The van der Waals surface area contributed by atoms with Crippen molar-refractivity contribution in [3.63, 3.8) is 0 Å². The second-order valence-corrected chi connectivity index (χ2v) is 8.33. The standard InChI is InChI=1S/C26H21NO7/c28-23(27-17-7-2-1-3-8-17)19-12-16-10-11-18(14-22(16)34-24(19)29)32-25(30)20-13-15-6-4-5-9-21(15)33-26(20)31/h4-6,9-14,17H,1-3,7-8H2,(H,27,28). The van der Waals surface area contributed by atoms with Gasteiger partial charge in [-0.3, -0.25) is 4.79 Å². The summed E-state index contributed by atoms with van der Waals surface area (Å²) in [6.07, 6.45) is 5.06. The van der Waals surface area contributed by atoms with Crippen molar-refractivity contribution in [1.82, 2.24) is 5.32 Å². The second-order valence-electron chi connectivity index (χ2n) is 8.33. The summed E-state index contributed by atoms with van der Waals surface area (Å²) in [5.41, 5.74) is -1.41. The molecule has 0 atom stereocenters. The lowest BCUT2D eigenvalue weighted by atomic mass is 9.95. The minimum absolute atomic E-state index is 0.0610. The molecule has 0 radical (unpaired) electrons. The Bertz CT molecular complexity index is 1530. The molecule has 0 unspecified atom stereocenters. The van der Waals surface area contributed by atoms with Crippen LogP contribution in [0.15, 0.2) is 73.0 Å². The van der Waals surface area contributed by atoms with E-state index in [-0.39, 0.29) is 28.5 Å². The van der Waals surface area contributed by atoms with Gasteiger partial charge < -0.3 is 18.9 Å². The molecule has 1 fully saturated rings. The predicted molar refractivity (Wildman–Crippen MR) is 124 cm³/mol. The first-order chi connectivity index (χ1) is 16.5.